The van der Waals surface area contributed by atoms with Gasteiger partial charge in [-0.3, -0.25) is 4.79 Å². The predicted octanol–water partition coefficient (Wildman–Crippen LogP) is 5.52. The zero-order chi connectivity index (χ0) is 19.9. The first-order chi connectivity index (χ1) is 14.3. The molecule has 0 spiro atoms. The van der Waals surface area contributed by atoms with E-state index in [2.05, 4.69) is 91.0 Å². The minimum absolute atomic E-state index is 0.468. The summed E-state index contributed by atoms with van der Waals surface area (Å²) in [5.74, 6) is 0.996. The van der Waals surface area contributed by atoms with Crippen LogP contribution in [0.1, 0.15) is 38.5 Å². The molecule has 2 heteroatoms. The number of Topliss-reactive ketones (excluding diaryl/α,β-unsaturated/α-hetero) is 1. The van der Waals surface area contributed by atoms with Crippen LogP contribution in [-0.2, 0) is 4.79 Å². The fraction of sp³-hybridized carbons (Fsp3) is 0.296. The summed E-state index contributed by atoms with van der Waals surface area (Å²) in [4.78, 5) is 12.2. The van der Waals surface area contributed by atoms with Crippen LogP contribution in [0.2, 0.25) is 0 Å². The second-order valence-electron chi connectivity index (χ2n) is 8.18. The molecule has 1 saturated carbocycles. The van der Waals surface area contributed by atoms with Crippen molar-refractivity contribution in [1.82, 2.24) is 0 Å². The van der Waals surface area contributed by atoms with Crippen LogP contribution in [0, 0.1) is 5.92 Å². The molecular formula is C27H30OP+. The second kappa shape index (κ2) is 9.51. The summed E-state index contributed by atoms with van der Waals surface area (Å²) < 4.78 is 0. The molecule has 1 nitrogen and oxygen atoms in total. The van der Waals surface area contributed by atoms with Crippen LogP contribution < -0.4 is 15.9 Å². The first-order valence-corrected chi connectivity index (χ1v) is 12.8. The van der Waals surface area contributed by atoms with E-state index >= 15 is 0 Å². The molecule has 0 heterocycles. The van der Waals surface area contributed by atoms with Gasteiger partial charge in [-0.1, -0.05) is 61.0 Å². The highest BCUT2D eigenvalue weighted by Gasteiger charge is 2.45. The first kappa shape index (κ1) is 20.0. The molecule has 0 saturated heterocycles. The summed E-state index contributed by atoms with van der Waals surface area (Å²) in [6.07, 6.45) is 7.28. The Morgan fingerprint density at radius 2 is 1.17 bits per heavy atom. The van der Waals surface area contributed by atoms with Crippen molar-refractivity contribution in [3.63, 3.8) is 0 Å². The van der Waals surface area contributed by atoms with Gasteiger partial charge in [-0.15, -0.1) is 0 Å². The van der Waals surface area contributed by atoms with Gasteiger partial charge in [0.25, 0.3) is 0 Å². The van der Waals surface area contributed by atoms with E-state index in [4.69, 9.17) is 0 Å². The van der Waals surface area contributed by atoms with Crippen LogP contribution in [0.25, 0.3) is 0 Å². The Labute approximate surface area is 175 Å². The van der Waals surface area contributed by atoms with Crippen molar-refractivity contribution >= 4 is 29.0 Å². The monoisotopic (exact) mass is 401 g/mol. The van der Waals surface area contributed by atoms with Crippen molar-refractivity contribution < 1.29 is 4.79 Å². The van der Waals surface area contributed by atoms with Gasteiger partial charge in [-0.25, -0.2) is 0 Å². The van der Waals surface area contributed by atoms with E-state index in [1.54, 1.807) is 0 Å². The lowest BCUT2D eigenvalue weighted by atomic mass is 9.97. The van der Waals surface area contributed by atoms with Crippen molar-refractivity contribution in [3.8, 4) is 0 Å². The number of hydrogen-bond acceptors (Lipinski definition) is 1. The van der Waals surface area contributed by atoms with Crippen molar-refractivity contribution in [2.24, 2.45) is 5.92 Å². The standard InChI is InChI=1S/C27H30OP/c28-24-13-11-10-12-23(22-24)20-21-29(25-14-4-1-5-15-25,26-16-6-2-7-17-26)27-18-8-3-9-19-27/h1-9,14-19,23H,10-13,20-22H2/q+1. The quantitative estimate of drug-likeness (QED) is 0.393. The Bertz CT molecular complexity index is 808. The Kier molecular flexibility index (Phi) is 6.57. The maximum Gasteiger partial charge on any atom is 0.133 e. The number of carbonyl (C=O) groups is 1. The van der Waals surface area contributed by atoms with Gasteiger partial charge in [-0.2, -0.15) is 0 Å². The molecule has 0 N–H and O–H groups in total. The van der Waals surface area contributed by atoms with Crippen LogP contribution in [0.15, 0.2) is 91.0 Å². The number of hydrogen-bond donors (Lipinski definition) is 0. The number of benzene rings is 3. The molecule has 0 amide bonds. The number of rotatable bonds is 6. The van der Waals surface area contributed by atoms with Crippen LogP contribution >= 0.6 is 7.26 Å². The minimum atomic E-state index is -1.77. The molecule has 1 aliphatic carbocycles. The summed E-state index contributed by atoms with van der Waals surface area (Å²) >= 11 is 0. The van der Waals surface area contributed by atoms with Crippen LogP contribution in [0.4, 0.5) is 0 Å². The van der Waals surface area contributed by atoms with Gasteiger partial charge in [0.1, 0.15) is 29.0 Å². The summed E-state index contributed by atoms with van der Waals surface area (Å²) in [6.45, 7) is 0. The largest absolute Gasteiger partial charge is 0.300 e. The average molecular weight is 402 g/mol. The van der Waals surface area contributed by atoms with Crippen molar-refractivity contribution in [2.45, 2.75) is 38.5 Å². The van der Waals surface area contributed by atoms with Gasteiger partial charge in [0.15, 0.2) is 0 Å². The highest BCUT2D eigenvalue weighted by atomic mass is 31.2. The summed E-state index contributed by atoms with van der Waals surface area (Å²) in [7, 11) is -1.77. The minimum Gasteiger partial charge on any atom is -0.300 e. The third kappa shape index (κ3) is 4.51. The molecule has 3 aromatic carbocycles. The lowest BCUT2D eigenvalue weighted by Gasteiger charge is -2.29. The van der Waals surface area contributed by atoms with E-state index in [1.165, 1.54) is 28.8 Å². The smallest absolute Gasteiger partial charge is 0.133 e. The molecule has 29 heavy (non-hydrogen) atoms. The van der Waals surface area contributed by atoms with E-state index in [0.717, 1.165) is 31.8 Å². The van der Waals surface area contributed by atoms with Crippen LogP contribution in [0.3, 0.4) is 0 Å². The van der Waals surface area contributed by atoms with E-state index in [0.29, 0.717) is 11.7 Å². The average Bonchev–Trinajstić information content (AvgIpc) is 3.00. The molecule has 1 aliphatic rings. The van der Waals surface area contributed by atoms with E-state index < -0.39 is 7.26 Å². The van der Waals surface area contributed by atoms with Gasteiger partial charge in [0, 0.05) is 12.8 Å². The lowest BCUT2D eigenvalue weighted by Crippen LogP contribution is -2.34. The fourth-order valence-corrected chi connectivity index (χ4v) is 9.25. The molecule has 0 aliphatic heterocycles. The Morgan fingerprint density at radius 3 is 1.66 bits per heavy atom. The predicted molar refractivity (Wildman–Crippen MR) is 126 cm³/mol. The molecule has 0 aromatic heterocycles. The maximum absolute atomic E-state index is 12.2. The Hall–Kier alpha value is -2.24. The zero-order valence-electron chi connectivity index (χ0n) is 17.0. The third-order valence-corrected chi connectivity index (χ3v) is 10.8. The van der Waals surface area contributed by atoms with Crippen molar-refractivity contribution in [2.75, 3.05) is 6.16 Å². The zero-order valence-corrected chi connectivity index (χ0v) is 17.9. The highest BCUT2D eigenvalue weighted by molar-refractivity contribution is 7.95. The van der Waals surface area contributed by atoms with Crippen molar-refractivity contribution in [3.05, 3.63) is 91.0 Å². The Morgan fingerprint density at radius 1 is 0.690 bits per heavy atom. The van der Waals surface area contributed by atoms with Gasteiger partial charge in [0.05, 0.1) is 6.16 Å². The molecule has 4 rings (SSSR count). The lowest BCUT2D eigenvalue weighted by molar-refractivity contribution is -0.119. The Balaban J connectivity index is 1.78. The molecule has 3 aromatic rings. The van der Waals surface area contributed by atoms with Gasteiger partial charge < -0.3 is 0 Å². The molecule has 1 atom stereocenters. The summed E-state index contributed by atoms with van der Waals surface area (Å²) in [6, 6.07) is 33.2. The molecular weight excluding hydrogens is 371 g/mol. The SMILES string of the molecule is O=C1CCCCC(CC[P+](c2ccccc2)(c2ccccc2)c2ccccc2)C1. The van der Waals surface area contributed by atoms with E-state index in [1.807, 2.05) is 0 Å². The highest BCUT2D eigenvalue weighted by Crippen LogP contribution is 2.56. The normalized spacial score (nSPS) is 17.7. The molecule has 0 bridgehead atoms. The molecule has 148 valence electrons. The van der Waals surface area contributed by atoms with Crippen LogP contribution in [0.5, 0.6) is 0 Å². The van der Waals surface area contributed by atoms with E-state index in [9.17, 15) is 4.79 Å². The molecule has 1 fully saturated rings. The number of ketones is 1. The van der Waals surface area contributed by atoms with Gasteiger partial charge in [-0.05, 0) is 61.6 Å². The first-order valence-electron chi connectivity index (χ1n) is 10.9. The fourth-order valence-electron chi connectivity index (χ4n) is 4.79. The summed E-state index contributed by atoms with van der Waals surface area (Å²) in [5.41, 5.74) is 0. The third-order valence-electron chi connectivity index (χ3n) is 6.30. The maximum atomic E-state index is 12.2. The van der Waals surface area contributed by atoms with Gasteiger partial charge in [0.2, 0.25) is 0 Å². The molecule has 1 unspecified atom stereocenters. The van der Waals surface area contributed by atoms with Crippen LogP contribution in [-0.4, -0.2) is 11.9 Å². The second-order valence-corrected chi connectivity index (χ2v) is 11.8. The summed E-state index contributed by atoms with van der Waals surface area (Å²) in [5, 5.41) is 4.33. The topological polar surface area (TPSA) is 17.1 Å². The van der Waals surface area contributed by atoms with E-state index in [-0.39, 0.29) is 0 Å². The van der Waals surface area contributed by atoms with Crippen molar-refractivity contribution in [1.29, 1.82) is 0 Å². The van der Waals surface area contributed by atoms with Gasteiger partial charge >= 0.3 is 0 Å². The number of carbonyl (C=O) groups excluding carboxylic acids is 1. The molecule has 0 radical (unpaired) electrons.